The number of carbonyl (C=O) groups excluding carboxylic acids is 2. The lowest BCUT2D eigenvalue weighted by molar-refractivity contribution is -0.111. The Morgan fingerprint density at radius 1 is 1.21 bits per heavy atom. The van der Waals surface area contributed by atoms with Gasteiger partial charge in [0.05, 0.1) is 18.7 Å². The highest BCUT2D eigenvalue weighted by Crippen LogP contribution is 2.36. The molecule has 0 fully saturated rings. The summed E-state index contributed by atoms with van der Waals surface area (Å²) in [5.41, 5.74) is 1.34. The van der Waals surface area contributed by atoms with Gasteiger partial charge in [-0.1, -0.05) is 11.6 Å². The molecule has 0 aliphatic heterocycles. The number of carbonyl (C=O) groups is 2. The van der Waals surface area contributed by atoms with Gasteiger partial charge in [0, 0.05) is 30.8 Å². The van der Waals surface area contributed by atoms with E-state index in [2.05, 4.69) is 5.32 Å². The van der Waals surface area contributed by atoms with Crippen LogP contribution in [0.5, 0.6) is 11.5 Å². The van der Waals surface area contributed by atoms with Crippen molar-refractivity contribution >= 4 is 46.3 Å². The number of ether oxygens (including phenoxy) is 2. The summed E-state index contributed by atoms with van der Waals surface area (Å²) in [6, 6.07) is 10.5. The molecule has 0 radical (unpaired) electrons. The van der Waals surface area contributed by atoms with Crippen molar-refractivity contribution in [1.29, 1.82) is 0 Å². The number of rotatable bonds is 7. The number of benzene rings is 2. The van der Waals surface area contributed by atoms with Crippen LogP contribution in [0.2, 0.25) is 5.02 Å². The van der Waals surface area contributed by atoms with E-state index in [1.54, 1.807) is 56.6 Å². The SMILES string of the molecule is CCOc1cc(/C=C/C(=O)Nc2ccc(SC(=O)N(C)C)cc2)cc(Cl)c1OC. The van der Waals surface area contributed by atoms with Crippen LogP contribution in [0.25, 0.3) is 6.08 Å². The molecular weight excluding hydrogens is 412 g/mol. The van der Waals surface area contributed by atoms with Crippen LogP contribution in [-0.2, 0) is 4.79 Å². The minimum Gasteiger partial charge on any atom is -0.491 e. The first-order valence-corrected chi connectivity index (χ1v) is 10.0. The van der Waals surface area contributed by atoms with Crippen molar-refractivity contribution < 1.29 is 19.1 Å². The number of hydrogen-bond donors (Lipinski definition) is 1. The van der Waals surface area contributed by atoms with Gasteiger partial charge >= 0.3 is 0 Å². The minimum atomic E-state index is -0.292. The van der Waals surface area contributed by atoms with E-state index in [9.17, 15) is 9.59 Å². The summed E-state index contributed by atoms with van der Waals surface area (Å²) in [6.45, 7) is 2.33. The van der Waals surface area contributed by atoms with Crippen LogP contribution >= 0.6 is 23.4 Å². The summed E-state index contributed by atoms with van der Waals surface area (Å²) < 4.78 is 10.8. The first-order chi connectivity index (χ1) is 13.8. The van der Waals surface area contributed by atoms with Crippen LogP contribution in [0.15, 0.2) is 47.4 Å². The lowest BCUT2D eigenvalue weighted by Gasteiger charge is -2.11. The standard InChI is InChI=1S/C21H23ClN2O4S/c1-5-28-18-13-14(12-17(22)20(18)27-4)6-11-19(25)23-15-7-9-16(10-8-15)29-21(26)24(2)3/h6-13H,5H2,1-4H3,(H,23,25)/b11-6+. The maximum atomic E-state index is 12.2. The van der Waals surface area contributed by atoms with Crippen LogP contribution in [0.4, 0.5) is 10.5 Å². The molecule has 0 saturated carbocycles. The van der Waals surface area contributed by atoms with Gasteiger partial charge in [0.25, 0.3) is 5.24 Å². The molecule has 8 heteroatoms. The van der Waals surface area contributed by atoms with E-state index >= 15 is 0 Å². The smallest absolute Gasteiger partial charge is 0.285 e. The third-order valence-corrected chi connectivity index (χ3v) is 4.98. The van der Waals surface area contributed by atoms with Crippen molar-refractivity contribution in [2.75, 3.05) is 33.1 Å². The summed E-state index contributed by atoms with van der Waals surface area (Å²) in [5, 5.41) is 3.11. The zero-order valence-electron chi connectivity index (χ0n) is 16.7. The molecule has 0 atom stereocenters. The van der Waals surface area contributed by atoms with Crippen LogP contribution in [0, 0.1) is 0 Å². The highest BCUT2D eigenvalue weighted by Gasteiger charge is 2.11. The van der Waals surface area contributed by atoms with Crippen LogP contribution in [0.3, 0.4) is 0 Å². The number of methoxy groups -OCH3 is 1. The van der Waals surface area contributed by atoms with E-state index < -0.39 is 0 Å². The predicted molar refractivity (Wildman–Crippen MR) is 118 cm³/mol. The van der Waals surface area contributed by atoms with Gasteiger partial charge in [-0.15, -0.1) is 0 Å². The van der Waals surface area contributed by atoms with E-state index in [-0.39, 0.29) is 11.1 Å². The molecule has 2 aromatic carbocycles. The predicted octanol–water partition coefficient (Wildman–Crippen LogP) is 5.17. The number of thioether (sulfide) groups is 1. The highest BCUT2D eigenvalue weighted by atomic mass is 35.5. The fourth-order valence-electron chi connectivity index (χ4n) is 2.30. The Morgan fingerprint density at radius 2 is 1.90 bits per heavy atom. The Balaban J connectivity index is 2.03. The minimum absolute atomic E-state index is 0.0608. The fourth-order valence-corrected chi connectivity index (χ4v) is 3.25. The molecule has 29 heavy (non-hydrogen) atoms. The van der Waals surface area contributed by atoms with Gasteiger partial charge in [-0.3, -0.25) is 9.59 Å². The maximum absolute atomic E-state index is 12.2. The van der Waals surface area contributed by atoms with Gasteiger partial charge in [-0.2, -0.15) is 0 Å². The van der Waals surface area contributed by atoms with Crippen LogP contribution < -0.4 is 14.8 Å². The topological polar surface area (TPSA) is 67.9 Å². The molecule has 0 bridgehead atoms. The van der Waals surface area contributed by atoms with Gasteiger partial charge in [-0.25, -0.2) is 0 Å². The van der Waals surface area contributed by atoms with Crippen LogP contribution in [-0.4, -0.2) is 43.9 Å². The molecule has 154 valence electrons. The molecule has 2 aromatic rings. The first-order valence-electron chi connectivity index (χ1n) is 8.82. The van der Waals surface area contributed by atoms with Gasteiger partial charge in [0.1, 0.15) is 0 Å². The monoisotopic (exact) mass is 434 g/mol. The van der Waals surface area contributed by atoms with E-state index in [4.69, 9.17) is 21.1 Å². The quantitative estimate of drug-likeness (QED) is 0.480. The zero-order valence-corrected chi connectivity index (χ0v) is 18.3. The molecule has 2 amide bonds. The Morgan fingerprint density at radius 3 is 2.48 bits per heavy atom. The van der Waals surface area contributed by atoms with Crippen molar-refractivity contribution in [3.63, 3.8) is 0 Å². The van der Waals surface area contributed by atoms with Crippen molar-refractivity contribution in [3.05, 3.63) is 53.1 Å². The van der Waals surface area contributed by atoms with Gasteiger partial charge in [0.2, 0.25) is 5.91 Å². The first kappa shape index (κ1) is 22.6. The lowest BCUT2D eigenvalue weighted by Crippen LogP contribution is -2.16. The highest BCUT2D eigenvalue weighted by molar-refractivity contribution is 8.13. The third kappa shape index (κ3) is 6.73. The van der Waals surface area contributed by atoms with Crippen LogP contribution in [0.1, 0.15) is 12.5 Å². The molecule has 0 aromatic heterocycles. The molecule has 1 N–H and O–H groups in total. The normalized spacial score (nSPS) is 10.7. The fraction of sp³-hybridized carbons (Fsp3) is 0.238. The molecule has 0 unspecified atom stereocenters. The molecular formula is C21H23ClN2O4S. The van der Waals surface area contributed by atoms with Crippen molar-refractivity contribution in [2.24, 2.45) is 0 Å². The van der Waals surface area contributed by atoms with Gasteiger partial charge in [-0.05, 0) is 66.7 Å². The number of hydrogen-bond acceptors (Lipinski definition) is 5. The summed E-state index contributed by atoms with van der Waals surface area (Å²) in [4.78, 5) is 26.2. The second-order valence-corrected chi connectivity index (χ2v) is 7.51. The summed E-state index contributed by atoms with van der Waals surface area (Å²) in [5.74, 6) is 0.684. The van der Waals surface area contributed by atoms with Crippen molar-refractivity contribution in [3.8, 4) is 11.5 Å². The summed E-state index contributed by atoms with van der Waals surface area (Å²) >= 11 is 7.34. The molecule has 0 aliphatic carbocycles. The van der Waals surface area contributed by atoms with Gasteiger partial charge < -0.3 is 19.7 Å². The molecule has 6 nitrogen and oxygen atoms in total. The number of anilines is 1. The van der Waals surface area contributed by atoms with E-state index in [0.717, 1.165) is 16.7 Å². The number of amides is 2. The molecule has 2 rings (SSSR count). The molecule has 0 spiro atoms. The second-order valence-electron chi connectivity index (χ2n) is 6.08. The Bertz CT molecular complexity index is 898. The average Bonchev–Trinajstić information content (AvgIpc) is 2.68. The number of nitrogens with zero attached hydrogens (tertiary/aromatic N) is 1. The summed E-state index contributed by atoms with van der Waals surface area (Å²) in [7, 11) is 4.92. The second kappa shape index (κ2) is 10.8. The summed E-state index contributed by atoms with van der Waals surface area (Å²) in [6.07, 6.45) is 3.05. The van der Waals surface area contributed by atoms with Crippen molar-refractivity contribution in [2.45, 2.75) is 11.8 Å². The van der Waals surface area contributed by atoms with E-state index in [1.807, 2.05) is 6.92 Å². The van der Waals surface area contributed by atoms with E-state index in [0.29, 0.717) is 34.4 Å². The Hall–Kier alpha value is -2.64. The van der Waals surface area contributed by atoms with Gasteiger partial charge in [0.15, 0.2) is 11.5 Å². The zero-order chi connectivity index (χ0) is 21.4. The Labute approximate surface area is 179 Å². The number of halogens is 1. The molecule has 0 heterocycles. The lowest BCUT2D eigenvalue weighted by atomic mass is 10.2. The maximum Gasteiger partial charge on any atom is 0.285 e. The molecule has 0 aliphatic rings. The molecule has 0 saturated heterocycles. The average molecular weight is 435 g/mol. The Kier molecular flexibility index (Phi) is 8.42. The largest absolute Gasteiger partial charge is 0.491 e. The third-order valence-electron chi connectivity index (χ3n) is 3.66. The van der Waals surface area contributed by atoms with E-state index in [1.165, 1.54) is 18.1 Å². The van der Waals surface area contributed by atoms with Crippen molar-refractivity contribution in [1.82, 2.24) is 4.90 Å². The number of nitrogens with one attached hydrogen (secondary N) is 1.